The van der Waals surface area contributed by atoms with Gasteiger partial charge in [-0.3, -0.25) is 4.79 Å². The number of carboxylic acids is 1. The summed E-state index contributed by atoms with van der Waals surface area (Å²) in [5.41, 5.74) is 0.733. The maximum absolute atomic E-state index is 11.8. The second-order valence-electron chi connectivity index (χ2n) is 4.27. The van der Waals surface area contributed by atoms with Gasteiger partial charge in [-0.15, -0.1) is 0 Å². The van der Waals surface area contributed by atoms with Crippen molar-refractivity contribution in [3.63, 3.8) is 0 Å². The monoisotopic (exact) mass is 328 g/mol. The molecule has 1 rings (SSSR count). The molecular weight excluding hydrogens is 312 g/mol. The Morgan fingerprint density at radius 1 is 1.32 bits per heavy atom. The highest BCUT2D eigenvalue weighted by molar-refractivity contribution is 9.10. The van der Waals surface area contributed by atoms with Crippen LogP contribution < -0.4 is 4.90 Å². The van der Waals surface area contributed by atoms with Gasteiger partial charge in [0, 0.05) is 25.1 Å². The van der Waals surface area contributed by atoms with Crippen molar-refractivity contribution in [3.8, 4) is 0 Å². The Balaban J connectivity index is 3.11. The van der Waals surface area contributed by atoms with Crippen LogP contribution in [0.25, 0.3) is 0 Å². The Hall–Kier alpha value is -1.56. The fourth-order valence-corrected chi connectivity index (χ4v) is 1.99. The van der Waals surface area contributed by atoms with Crippen LogP contribution in [0.5, 0.6) is 0 Å². The van der Waals surface area contributed by atoms with E-state index >= 15 is 0 Å². The number of carboxylic acid groups (broad SMARTS) is 1. The average molecular weight is 329 g/mol. The Labute approximate surface area is 120 Å². The second-order valence-corrected chi connectivity index (χ2v) is 5.18. The summed E-state index contributed by atoms with van der Waals surface area (Å²) in [6.07, 6.45) is 0. The first-order chi connectivity index (χ1) is 8.86. The highest BCUT2D eigenvalue weighted by atomic mass is 79.9. The number of rotatable bonds is 5. The van der Waals surface area contributed by atoms with Crippen LogP contribution in [0.1, 0.15) is 17.3 Å². The van der Waals surface area contributed by atoms with Crippen LogP contribution in [-0.2, 0) is 4.79 Å². The first-order valence-corrected chi connectivity index (χ1v) is 6.64. The third kappa shape index (κ3) is 3.96. The van der Waals surface area contributed by atoms with Gasteiger partial charge in [-0.05, 0) is 25.1 Å². The van der Waals surface area contributed by atoms with Gasteiger partial charge in [0.2, 0.25) is 5.91 Å². The zero-order chi connectivity index (χ0) is 14.6. The van der Waals surface area contributed by atoms with Crippen LogP contribution >= 0.6 is 15.9 Å². The molecule has 0 spiro atoms. The van der Waals surface area contributed by atoms with E-state index in [4.69, 9.17) is 0 Å². The lowest BCUT2D eigenvalue weighted by Crippen LogP contribution is -2.37. The van der Waals surface area contributed by atoms with E-state index in [0.717, 1.165) is 0 Å². The van der Waals surface area contributed by atoms with Crippen LogP contribution in [0.4, 0.5) is 5.69 Å². The summed E-state index contributed by atoms with van der Waals surface area (Å²) < 4.78 is 0.698. The highest BCUT2D eigenvalue weighted by Gasteiger charge is 2.18. The molecule has 0 bridgehead atoms. The van der Waals surface area contributed by atoms with E-state index in [0.29, 0.717) is 16.7 Å². The number of hydrogen-bond acceptors (Lipinski definition) is 3. The van der Waals surface area contributed by atoms with Gasteiger partial charge in [-0.25, -0.2) is 4.79 Å². The minimum absolute atomic E-state index is 0.0684. The fraction of sp³-hybridized carbons (Fsp3) is 0.385. The molecule has 6 heteroatoms. The topological polar surface area (TPSA) is 60.9 Å². The molecule has 0 saturated heterocycles. The molecule has 0 aliphatic heterocycles. The third-order valence-corrected chi connectivity index (χ3v) is 3.23. The lowest BCUT2D eigenvalue weighted by molar-refractivity contribution is -0.127. The minimum Gasteiger partial charge on any atom is -0.478 e. The first kappa shape index (κ1) is 15.5. The average Bonchev–Trinajstić information content (AvgIpc) is 2.35. The van der Waals surface area contributed by atoms with E-state index in [-0.39, 0.29) is 18.0 Å². The summed E-state index contributed by atoms with van der Waals surface area (Å²) in [4.78, 5) is 26.3. The summed E-state index contributed by atoms with van der Waals surface area (Å²) in [7, 11) is 3.35. The number of aromatic carboxylic acids is 1. The summed E-state index contributed by atoms with van der Waals surface area (Å²) in [5, 5.41) is 9.23. The van der Waals surface area contributed by atoms with E-state index in [1.807, 2.05) is 6.92 Å². The SMILES string of the molecule is CCN(CC(=O)N(C)C)c1ccc(Br)cc1C(=O)O. The number of nitrogens with zero attached hydrogens (tertiary/aromatic N) is 2. The maximum atomic E-state index is 11.8. The minimum atomic E-state index is -1.01. The third-order valence-electron chi connectivity index (χ3n) is 2.74. The number of carbonyl (C=O) groups is 2. The van der Waals surface area contributed by atoms with Crippen LogP contribution in [0.2, 0.25) is 0 Å². The molecular formula is C13H17BrN2O3. The van der Waals surface area contributed by atoms with Crippen LogP contribution in [-0.4, -0.2) is 49.1 Å². The molecule has 104 valence electrons. The Kier molecular flexibility index (Phi) is 5.35. The van der Waals surface area contributed by atoms with Crippen molar-refractivity contribution in [1.82, 2.24) is 4.90 Å². The van der Waals surface area contributed by atoms with E-state index in [9.17, 15) is 14.7 Å². The highest BCUT2D eigenvalue weighted by Crippen LogP contribution is 2.24. The zero-order valence-corrected chi connectivity index (χ0v) is 12.8. The zero-order valence-electron chi connectivity index (χ0n) is 11.2. The molecule has 0 atom stereocenters. The summed E-state index contributed by atoms with van der Waals surface area (Å²) in [6, 6.07) is 5.02. The molecule has 1 aromatic rings. The number of halogens is 1. The van der Waals surface area contributed by atoms with Crippen LogP contribution in [0.3, 0.4) is 0 Å². The van der Waals surface area contributed by atoms with Crippen molar-refractivity contribution in [3.05, 3.63) is 28.2 Å². The van der Waals surface area contributed by atoms with Gasteiger partial charge >= 0.3 is 5.97 Å². The van der Waals surface area contributed by atoms with Gasteiger partial charge in [0.15, 0.2) is 0 Å². The fourth-order valence-electron chi connectivity index (χ4n) is 1.63. The molecule has 0 aliphatic carbocycles. The molecule has 19 heavy (non-hydrogen) atoms. The standard InChI is InChI=1S/C13H17BrN2O3/c1-4-16(8-12(17)15(2)3)11-6-5-9(14)7-10(11)13(18)19/h5-7H,4,8H2,1-3H3,(H,18,19). The molecule has 5 nitrogen and oxygen atoms in total. The molecule has 0 radical (unpaired) electrons. The van der Waals surface area contributed by atoms with Gasteiger partial charge in [0.1, 0.15) is 0 Å². The number of anilines is 1. The maximum Gasteiger partial charge on any atom is 0.337 e. The van der Waals surface area contributed by atoms with Crippen molar-refractivity contribution < 1.29 is 14.7 Å². The van der Waals surface area contributed by atoms with Gasteiger partial charge in [-0.2, -0.15) is 0 Å². The first-order valence-electron chi connectivity index (χ1n) is 5.84. The molecule has 1 amide bonds. The molecule has 0 fully saturated rings. The van der Waals surface area contributed by atoms with Crippen molar-refractivity contribution in [2.75, 3.05) is 32.1 Å². The second kappa shape index (κ2) is 6.56. The predicted molar refractivity (Wildman–Crippen MR) is 77.7 cm³/mol. The van der Waals surface area contributed by atoms with E-state index in [1.54, 1.807) is 37.2 Å². The molecule has 0 unspecified atom stereocenters. The molecule has 0 aromatic heterocycles. The predicted octanol–water partition coefficient (Wildman–Crippen LogP) is 2.06. The summed E-state index contributed by atoms with van der Waals surface area (Å²) in [6.45, 7) is 2.60. The van der Waals surface area contributed by atoms with Crippen LogP contribution in [0.15, 0.2) is 22.7 Å². The van der Waals surface area contributed by atoms with Crippen LogP contribution in [0, 0.1) is 0 Å². The van der Waals surface area contributed by atoms with Crippen molar-refractivity contribution >= 4 is 33.5 Å². The molecule has 0 heterocycles. The Morgan fingerprint density at radius 3 is 2.42 bits per heavy atom. The smallest absolute Gasteiger partial charge is 0.337 e. The van der Waals surface area contributed by atoms with E-state index < -0.39 is 5.97 Å². The number of benzene rings is 1. The Morgan fingerprint density at radius 2 is 1.95 bits per heavy atom. The normalized spacial score (nSPS) is 10.1. The van der Waals surface area contributed by atoms with Gasteiger partial charge < -0.3 is 14.9 Å². The van der Waals surface area contributed by atoms with Gasteiger partial charge in [0.05, 0.1) is 17.8 Å². The van der Waals surface area contributed by atoms with E-state index in [2.05, 4.69) is 15.9 Å². The molecule has 0 aliphatic rings. The summed E-state index contributed by atoms with van der Waals surface area (Å²) >= 11 is 3.25. The number of amides is 1. The lowest BCUT2D eigenvalue weighted by Gasteiger charge is -2.25. The number of carbonyl (C=O) groups excluding carboxylic acids is 1. The molecule has 1 aromatic carbocycles. The lowest BCUT2D eigenvalue weighted by atomic mass is 10.1. The van der Waals surface area contributed by atoms with Crippen molar-refractivity contribution in [2.45, 2.75) is 6.92 Å². The molecule has 0 saturated carbocycles. The molecule has 1 N–H and O–H groups in total. The quantitative estimate of drug-likeness (QED) is 0.898. The summed E-state index contributed by atoms with van der Waals surface area (Å²) in [5.74, 6) is -1.08. The van der Waals surface area contributed by atoms with Gasteiger partial charge in [-0.1, -0.05) is 15.9 Å². The Bertz CT molecular complexity index is 489. The van der Waals surface area contributed by atoms with E-state index in [1.165, 1.54) is 4.90 Å². The largest absolute Gasteiger partial charge is 0.478 e. The van der Waals surface area contributed by atoms with Gasteiger partial charge in [0.25, 0.3) is 0 Å². The van der Waals surface area contributed by atoms with Crippen molar-refractivity contribution in [2.24, 2.45) is 0 Å². The van der Waals surface area contributed by atoms with Crippen molar-refractivity contribution in [1.29, 1.82) is 0 Å². The number of hydrogen-bond donors (Lipinski definition) is 1. The number of likely N-dealkylation sites (N-methyl/N-ethyl adjacent to an activating group) is 2.